The monoisotopic (exact) mass is 301 g/mol. The van der Waals surface area contributed by atoms with Crippen molar-refractivity contribution >= 4 is 21.4 Å². The minimum Gasteiger partial charge on any atom is -0.399 e. The number of nitro benzene ring substituents is 1. The first-order valence-electron chi connectivity index (χ1n) is 6.31. The van der Waals surface area contributed by atoms with Crippen molar-refractivity contribution in [2.24, 2.45) is 0 Å². The van der Waals surface area contributed by atoms with Crippen molar-refractivity contribution in [3.8, 4) is 0 Å². The molecule has 0 aromatic heterocycles. The van der Waals surface area contributed by atoms with Crippen LogP contribution in [0, 0.1) is 10.1 Å². The third-order valence-corrected chi connectivity index (χ3v) is 5.28. The molecule has 112 valence electrons. The van der Waals surface area contributed by atoms with Gasteiger partial charge in [0.1, 0.15) is 0 Å². The SMILES string of the molecule is CCC(C)N(CC)S(=O)(=O)c1cc(N)ccc1[N+](=O)[O-]. The van der Waals surface area contributed by atoms with Gasteiger partial charge in [0.25, 0.3) is 5.69 Å². The number of nitro groups is 1. The molecule has 8 heteroatoms. The van der Waals surface area contributed by atoms with Crippen molar-refractivity contribution in [2.75, 3.05) is 12.3 Å². The van der Waals surface area contributed by atoms with Crippen molar-refractivity contribution < 1.29 is 13.3 Å². The average molecular weight is 301 g/mol. The number of rotatable bonds is 6. The molecule has 7 nitrogen and oxygen atoms in total. The first-order chi connectivity index (χ1) is 9.25. The second-order valence-electron chi connectivity index (χ2n) is 4.45. The molecule has 0 spiro atoms. The Morgan fingerprint density at radius 3 is 2.45 bits per heavy atom. The summed E-state index contributed by atoms with van der Waals surface area (Å²) >= 11 is 0. The summed E-state index contributed by atoms with van der Waals surface area (Å²) in [6.45, 7) is 5.56. The number of benzene rings is 1. The first-order valence-corrected chi connectivity index (χ1v) is 7.75. The highest BCUT2D eigenvalue weighted by Gasteiger charge is 2.33. The Morgan fingerprint density at radius 2 is 2.00 bits per heavy atom. The zero-order chi connectivity index (χ0) is 15.5. The van der Waals surface area contributed by atoms with Gasteiger partial charge in [-0.1, -0.05) is 13.8 Å². The summed E-state index contributed by atoms with van der Waals surface area (Å²) in [7, 11) is -3.95. The maximum Gasteiger partial charge on any atom is 0.289 e. The molecule has 0 aliphatic carbocycles. The third kappa shape index (κ3) is 3.07. The molecule has 0 saturated heterocycles. The van der Waals surface area contributed by atoms with Crippen molar-refractivity contribution in [1.82, 2.24) is 4.31 Å². The Bertz CT molecular complexity index is 601. The molecule has 1 unspecified atom stereocenters. The van der Waals surface area contributed by atoms with Crippen LogP contribution >= 0.6 is 0 Å². The Labute approximate surface area is 118 Å². The quantitative estimate of drug-likeness (QED) is 0.491. The van der Waals surface area contributed by atoms with Crippen molar-refractivity contribution in [3.05, 3.63) is 28.3 Å². The fraction of sp³-hybridized carbons (Fsp3) is 0.500. The number of anilines is 1. The van der Waals surface area contributed by atoms with Crippen LogP contribution in [0.5, 0.6) is 0 Å². The number of nitrogens with two attached hydrogens (primary N) is 1. The predicted octanol–water partition coefficient (Wildman–Crippen LogP) is 1.99. The Morgan fingerprint density at radius 1 is 1.40 bits per heavy atom. The molecule has 0 fully saturated rings. The van der Waals surface area contributed by atoms with E-state index in [1.807, 2.05) is 6.92 Å². The normalized spacial score (nSPS) is 13.4. The van der Waals surface area contributed by atoms with Crippen molar-refractivity contribution in [3.63, 3.8) is 0 Å². The Hall–Kier alpha value is -1.67. The summed E-state index contributed by atoms with van der Waals surface area (Å²) < 4.78 is 26.5. The van der Waals surface area contributed by atoms with Crippen LogP contribution in [0.15, 0.2) is 23.1 Å². The molecule has 0 saturated carbocycles. The first kappa shape index (κ1) is 16.4. The summed E-state index contributed by atoms with van der Waals surface area (Å²) in [6.07, 6.45) is 0.614. The van der Waals surface area contributed by atoms with E-state index >= 15 is 0 Å². The average Bonchev–Trinajstić information content (AvgIpc) is 2.38. The zero-order valence-corrected chi connectivity index (χ0v) is 12.6. The summed E-state index contributed by atoms with van der Waals surface area (Å²) in [5, 5.41) is 11.0. The molecular formula is C12H19N3O4S. The zero-order valence-electron chi connectivity index (χ0n) is 11.7. The standard InChI is InChI=1S/C12H19N3O4S/c1-4-9(3)14(5-2)20(18,19)12-8-10(13)6-7-11(12)15(16)17/h6-9H,4-5,13H2,1-3H3. The molecule has 2 N–H and O–H groups in total. The van der Waals surface area contributed by atoms with E-state index < -0.39 is 20.6 Å². The van der Waals surface area contributed by atoms with Crippen molar-refractivity contribution in [2.45, 2.75) is 38.1 Å². The third-order valence-electron chi connectivity index (χ3n) is 3.16. The largest absolute Gasteiger partial charge is 0.399 e. The molecule has 0 amide bonds. The van der Waals surface area contributed by atoms with E-state index in [-0.39, 0.29) is 23.2 Å². The molecule has 0 aliphatic rings. The van der Waals surface area contributed by atoms with Gasteiger partial charge in [0.15, 0.2) is 4.90 Å². The van der Waals surface area contributed by atoms with E-state index in [1.54, 1.807) is 13.8 Å². The number of hydrogen-bond acceptors (Lipinski definition) is 5. The van der Waals surface area contributed by atoms with Crippen LogP contribution in [0.25, 0.3) is 0 Å². The molecule has 0 radical (unpaired) electrons. The van der Waals surface area contributed by atoms with Crippen LogP contribution in [-0.2, 0) is 10.0 Å². The predicted molar refractivity (Wildman–Crippen MR) is 76.8 cm³/mol. The second kappa shape index (κ2) is 6.19. The van der Waals surface area contributed by atoms with Gasteiger partial charge < -0.3 is 5.73 Å². The molecule has 1 aromatic rings. The lowest BCUT2D eigenvalue weighted by atomic mass is 10.3. The summed E-state index contributed by atoms with van der Waals surface area (Å²) in [5.74, 6) is 0. The molecule has 0 aliphatic heterocycles. The lowest BCUT2D eigenvalue weighted by Gasteiger charge is -2.26. The topological polar surface area (TPSA) is 107 Å². The summed E-state index contributed by atoms with van der Waals surface area (Å²) in [4.78, 5) is 9.94. The van der Waals surface area contributed by atoms with Crippen molar-refractivity contribution in [1.29, 1.82) is 0 Å². The van der Waals surface area contributed by atoms with Crippen LogP contribution < -0.4 is 5.73 Å². The van der Waals surface area contributed by atoms with E-state index in [2.05, 4.69) is 0 Å². The highest BCUT2D eigenvalue weighted by molar-refractivity contribution is 7.89. The lowest BCUT2D eigenvalue weighted by molar-refractivity contribution is -0.387. The molecule has 20 heavy (non-hydrogen) atoms. The van der Waals surface area contributed by atoms with Gasteiger partial charge in [-0.2, -0.15) is 4.31 Å². The summed E-state index contributed by atoms with van der Waals surface area (Å²) in [6, 6.07) is 3.33. The maximum absolute atomic E-state index is 12.6. The van der Waals surface area contributed by atoms with E-state index in [4.69, 9.17) is 5.73 Å². The number of sulfonamides is 1. The number of nitrogen functional groups attached to an aromatic ring is 1. The van der Waals surface area contributed by atoms with Crippen LogP contribution in [0.2, 0.25) is 0 Å². The van der Waals surface area contributed by atoms with Crippen LogP contribution in [0.1, 0.15) is 27.2 Å². The van der Waals surface area contributed by atoms with Gasteiger partial charge in [-0.05, 0) is 25.5 Å². The van der Waals surface area contributed by atoms with Crippen LogP contribution in [-0.4, -0.2) is 30.2 Å². The van der Waals surface area contributed by atoms with Gasteiger partial charge in [-0.15, -0.1) is 0 Å². The van der Waals surface area contributed by atoms with Gasteiger partial charge in [0, 0.05) is 24.3 Å². The van der Waals surface area contributed by atoms with Gasteiger partial charge in [0.05, 0.1) is 4.92 Å². The minimum atomic E-state index is -3.95. The van der Waals surface area contributed by atoms with E-state index in [0.717, 1.165) is 12.1 Å². The van der Waals surface area contributed by atoms with E-state index in [1.165, 1.54) is 10.4 Å². The maximum atomic E-state index is 12.6. The van der Waals surface area contributed by atoms with Gasteiger partial charge in [-0.25, -0.2) is 8.42 Å². The van der Waals surface area contributed by atoms with E-state index in [0.29, 0.717) is 6.42 Å². The highest BCUT2D eigenvalue weighted by Crippen LogP contribution is 2.29. The smallest absolute Gasteiger partial charge is 0.289 e. The molecule has 0 bridgehead atoms. The Balaban J connectivity index is 3.48. The van der Waals surface area contributed by atoms with Gasteiger partial charge in [-0.3, -0.25) is 10.1 Å². The number of nitrogens with zero attached hydrogens (tertiary/aromatic N) is 2. The van der Waals surface area contributed by atoms with Gasteiger partial charge in [0.2, 0.25) is 10.0 Å². The fourth-order valence-electron chi connectivity index (χ4n) is 1.94. The lowest BCUT2D eigenvalue weighted by Crippen LogP contribution is -2.38. The highest BCUT2D eigenvalue weighted by atomic mass is 32.2. The molecule has 1 rings (SSSR count). The van der Waals surface area contributed by atoms with Crippen LogP contribution in [0.4, 0.5) is 11.4 Å². The Kier molecular flexibility index (Phi) is 5.07. The van der Waals surface area contributed by atoms with Crippen LogP contribution in [0.3, 0.4) is 0 Å². The fourth-order valence-corrected chi connectivity index (χ4v) is 3.84. The number of hydrogen-bond donors (Lipinski definition) is 1. The molecule has 1 aromatic carbocycles. The van der Waals surface area contributed by atoms with E-state index in [9.17, 15) is 18.5 Å². The second-order valence-corrected chi connectivity index (χ2v) is 6.31. The minimum absolute atomic E-state index is 0.175. The molecule has 0 heterocycles. The summed E-state index contributed by atoms with van der Waals surface area (Å²) in [5.41, 5.74) is 5.29. The van der Waals surface area contributed by atoms with Gasteiger partial charge >= 0.3 is 0 Å². The molecule has 1 atom stereocenters. The molecular weight excluding hydrogens is 282 g/mol.